The second kappa shape index (κ2) is 5.77. The van der Waals surface area contributed by atoms with Crippen molar-refractivity contribution in [2.75, 3.05) is 6.26 Å². The van der Waals surface area contributed by atoms with Gasteiger partial charge in [-0.15, -0.1) is 0 Å². The fourth-order valence-corrected chi connectivity index (χ4v) is 1.01. The van der Waals surface area contributed by atoms with E-state index in [1.807, 2.05) is 26.0 Å². The van der Waals surface area contributed by atoms with Gasteiger partial charge in [-0.05, 0) is 19.9 Å². The predicted molar refractivity (Wildman–Crippen MR) is 54.9 cm³/mol. The second-order valence-electron chi connectivity index (χ2n) is 2.39. The molecule has 0 aliphatic carbocycles. The van der Waals surface area contributed by atoms with Gasteiger partial charge in [0.2, 0.25) is 0 Å². The van der Waals surface area contributed by atoms with E-state index in [0.29, 0.717) is 4.91 Å². The van der Waals surface area contributed by atoms with Crippen LogP contribution in [0.4, 0.5) is 0 Å². The molecule has 0 radical (unpaired) electrons. The Morgan fingerprint density at radius 2 is 2.00 bits per heavy atom. The molecule has 68 valence electrons. The Kier molecular flexibility index (Phi) is 5.37. The van der Waals surface area contributed by atoms with Crippen molar-refractivity contribution in [2.24, 2.45) is 5.73 Å². The minimum Gasteiger partial charge on any atom is -0.404 e. The molecule has 0 aliphatic rings. The average molecular weight is 185 g/mol. The summed E-state index contributed by atoms with van der Waals surface area (Å²) in [4.78, 5) is 0.649. The minimum atomic E-state index is -1.000. The van der Waals surface area contributed by atoms with Gasteiger partial charge in [0.1, 0.15) is 0 Å². The van der Waals surface area contributed by atoms with Gasteiger partial charge in [0, 0.05) is 12.5 Å². The third-order valence-electron chi connectivity index (χ3n) is 1.46. The zero-order chi connectivity index (χ0) is 9.56. The van der Waals surface area contributed by atoms with Crippen LogP contribution in [0.15, 0.2) is 34.9 Å². The predicted octanol–water partition coefficient (Wildman–Crippen LogP) is 1.69. The van der Waals surface area contributed by atoms with Gasteiger partial charge in [-0.1, -0.05) is 17.7 Å². The highest BCUT2D eigenvalue weighted by molar-refractivity contribution is 7.88. The van der Waals surface area contributed by atoms with Crippen molar-refractivity contribution in [2.45, 2.75) is 13.8 Å². The number of hydrogen-bond acceptors (Lipinski definition) is 2. The Morgan fingerprint density at radius 1 is 1.42 bits per heavy atom. The molecule has 0 aromatic carbocycles. The van der Waals surface area contributed by atoms with Gasteiger partial charge in [-0.2, -0.15) is 0 Å². The number of nitrogens with two attached hydrogens (primary N) is 1. The monoisotopic (exact) mass is 185 g/mol. The number of hydrogen-bond donors (Lipinski definition) is 1. The average Bonchev–Trinajstić information content (AvgIpc) is 2.04. The van der Waals surface area contributed by atoms with Crippen molar-refractivity contribution >= 4 is 10.8 Å². The van der Waals surface area contributed by atoms with E-state index in [1.54, 1.807) is 12.3 Å². The molecule has 0 heterocycles. The van der Waals surface area contributed by atoms with Crippen LogP contribution in [0, 0.1) is 0 Å². The lowest BCUT2D eigenvalue weighted by Gasteiger charge is -1.94. The highest BCUT2D eigenvalue weighted by Gasteiger charge is 1.94. The van der Waals surface area contributed by atoms with Gasteiger partial charge in [0.25, 0.3) is 0 Å². The summed E-state index contributed by atoms with van der Waals surface area (Å²) in [7, 11) is -1.000. The highest BCUT2D eigenvalue weighted by Crippen LogP contribution is 2.02. The van der Waals surface area contributed by atoms with Crippen LogP contribution in [0.1, 0.15) is 13.8 Å². The van der Waals surface area contributed by atoms with E-state index < -0.39 is 10.8 Å². The molecule has 0 aromatic rings. The van der Waals surface area contributed by atoms with Crippen molar-refractivity contribution in [3.63, 3.8) is 0 Å². The van der Waals surface area contributed by atoms with Crippen LogP contribution in [-0.4, -0.2) is 10.5 Å². The van der Waals surface area contributed by atoms with E-state index in [1.165, 1.54) is 6.20 Å². The summed E-state index contributed by atoms with van der Waals surface area (Å²) >= 11 is 0. The largest absolute Gasteiger partial charge is 0.404 e. The van der Waals surface area contributed by atoms with E-state index in [0.717, 1.165) is 5.57 Å². The molecule has 0 saturated heterocycles. The summed E-state index contributed by atoms with van der Waals surface area (Å²) in [6.07, 6.45) is 8.61. The first-order chi connectivity index (χ1) is 5.61. The van der Waals surface area contributed by atoms with Crippen molar-refractivity contribution < 1.29 is 4.21 Å². The molecule has 2 N–H and O–H groups in total. The highest BCUT2D eigenvalue weighted by atomic mass is 32.2. The molecule has 0 bridgehead atoms. The summed E-state index contributed by atoms with van der Waals surface area (Å²) in [6.45, 7) is 3.93. The summed E-state index contributed by atoms with van der Waals surface area (Å²) in [5.74, 6) is 0. The molecule has 1 unspecified atom stereocenters. The summed E-state index contributed by atoms with van der Waals surface area (Å²) in [6, 6.07) is 0. The van der Waals surface area contributed by atoms with Gasteiger partial charge in [0.15, 0.2) is 0 Å². The van der Waals surface area contributed by atoms with E-state index >= 15 is 0 Å². The minimum absolute atomic E-state index is 0.649. The molecule has 2 nitrogen and oxygen atoms in total. The summed E-state index contributed by atoms with van der Waals surface area (Å²) < 4.78 is 11.0. The first-order valence-electron chi connectivity index (χ1n) is 3.68. The van der Waals surface area contributed by atoms with Gasteiger partial charge in [-0.25, -0.2) is 0 Å². The first kappa shape index (κ1) is 11.2. The molecule has 0 amide bonds. The molecule has 0 aliphatic heterocycles. The third-order valence-corrected chi connectivity index (χ3v) is 2.40. The summed E-state index contributed by atoms with van der Waals surface area (Å²) in [5, 5.41) is 0. The van der Waals surface area contributed by atoms with Crippen LogP contribution in [0.2, 0.25) is 0 Å². The fourth-order valence-electron chi connectivity index (χ4n) is 0.557. The lowest BCUT2D eigenvalue weighted by atomic mass is 10.2. The van der Waals surface area contributed by atoms with Crippen molar-refractivity contribution in [1.29, 1.82) is 0 Å². The zero-order valence-corrected chi connectivity index (χ0v) is 8.52. The van der Waals surface area contributed by atoms with Gasteiger partial charge in [0.05, 0.1) is 15.7 Å². The maximum absolute atomic E-state index is 11.0. The molecular formula is C9H15NOS. The molecule has 1 atom stereocenters. The van der Waals surface area contributed by atoms with Crippen molar-refractivity contribution in [1.82, 2.24) is 0 Å². The van der Waals surface area contributed by atoms with Gasteiger partial charge in [-0.3, -0.25) is 4.21 Å². The van der Waals surface area contributed by atoms with Crippen molar-refractivity contribution in [3.8, 4) is 0 Å². The first-order valence-corrected chi connectivity index (χ1v) is 5.24. The van der Waals surface area contributed by atoms with Crippen LogP contribution in [-0.2, 0) is 10.8 Å². The number of rotatable bonds is 3. The van der Waals surface area contributed by atoms with Crippen molar-refractivity contribution in [3.05, 3.63) is 34.9 Å². The summed E-state index contributed by atoms with van der Waals surface area (Å²) in [5.41, 5.74) is 6.40. The van der Waals surface area contributed by atoms with E-state index in [2.05, 4.69) is 0 Å². The lowest BCUT2D eigenvalue weighted by molar-refractivity contribution is 0.690. The normalized spacial score (nSPS) is 16.9. The van der Waals surface area contributed by atoms with Crippen LogP contribution in [0.5, 0.6) is 0 Å². The maximum atomic E-state index is 11.0. The van der Waals surface area contributed by atoms with Crippen LogP contribution in [0.25, 0.3) is 0 Å². The van der Waals surface area contributed by atoms with Gasteiger partial charge >= 0.3 is 0 Å². The molecule has 3 heteroatoms. The molecule has 0 aromatic heterocycles. The molecule has 0 saturated carbocycles. The van der Waals surface area contributed by atoms with E-state index in [-0.39, 0.29) is 0 Å². The van der Waals surface area contributed by atoms with Crippen LogP contribution in [0.3, 0.4) is 0 Å². The Bertz CT molecular complexity index is 251. The fraction of sp³-hybridized carbons (Fsp3) is 0.333. The molecule has 0 rings (SSSR count). The molecule has 0 spiro atoms. The maximum Gasteiger partial charge on any atom is 0.0539 e. The van der Waals surface area contributed by atoms with E-state index in [9.17, 15) is 4.21 Å². The van der Waals surface area contributed by atoms with Gasteiger partial charge < -0.3 is 5.73 Å². The molecular weight excluding hydrogens is 170 g/mol. The quantitative estimate of drug-likeness (QED) is 0.680. The standard InChI is InChI=1S/C9H15NOS/c1-4-8(2)5-6-9(7-10)12(3)11/h4-7H,10H2,1-3H3/b6-5-,8-4-,9-7+. The Hall–Kier alpha value is -0.830. The Balaban J connectivity index is 4.43. The lowest BCUT2D eigenvalue weighted by Crippen LogP contribution is -1.92. The molecule has 12 heavy (non-hydrogen) atoms. The van der Waals surface area contributed by atoms with E-state index in [4.69, 9.17) is 5.73 Å². The van der Waals surface area contributed by atoms with Crippen LogP contribution >= 0.6 is 0 Å². The number of allylic oxidation sites excluding steroid dienone is 4. The van der Waals surface area contributed by atoms with Crippen LogP contribution < -0.4 is 5.73 Å². The topological polar surface area (TPSA) is 43.1 Å². The SMILES string of the molecule is C\C=C(C)/C=C\C(=C/N)S(C)=O. The Morgan fingerprint density at radius 3 is 2.33 bits per heavy atom. The Labute approximate surface area is 76.3 Å². The third kappa shape index (κ3) is 4.13. The smallest absolute Gasteiger partial charge is 0.0539 e. The zero-order valence-electron chi connectivity index (χ0n) is 7.70. The second-order valence-corrected chi connectivity index (χ2v) is 3.77. The molecule has 0 fully saturated rings.